The highest BCUT2D eigenvalue weighted by molar-refractivity contribution is 9.10. The first kappa shape index (κ1) is 19.3. The summed E-state index contributed by atoms with van der Waals surface area (Å²) in [6.45, 7) is 2.46. The molecule has 0 bridgehead atoms. The molecular weight excluding hydrogens is 384 g/mol. The second-order valence-corrected chi connectivity index (χ2v) is 6.68. The van der Waals surface area contributed by atoms with Crippen LogP contribution in [0.15, 0.2) is 46.9 Å². The zero-order chi connectivity index (χ0) is 18.4. The first-order chi connectivity index (χ1) is 11.9. The number of hydrogen-bond donors (Lipinski definition) is 1. The fourth-order valence-corrected chi connectivity index (χ4v) is 2.63. The smallest absolute Gasteiger partial charge is 0.241 e. The van der Waals surface area contributed by atoms with Crippen LogP contribution < -0.4 is 14.8 Å². The molecule has 25 heavy (non-hydrogen) atoms. The van der Waals surface area contributed by atoms with E-state index in [0.29, 0.717) is 6.54 Å². The summed E-state index contributed by atoms with van der Waals surface area (Å²) >= 11 is 3.38. The molecule has 0 spiro atoms. The third-order valence-electron chi connectivity index (χ3n) is 4.07. The molecule has 0 fully saturated rings. The molecule has 134 valence electrons. The van der Waals surface area contributed by atoms with Crippen molar-refractivity contribution in [1.82, 2.24) is 4.90 Å². The number of methoxy groups -OCH3 is 2. The first-order valence-corrected chi connectivity index (χ1v) is 8.71. The summed E-state index contributed by atoms with van der Waals surface area (Å²) in [6, 6.07) is 12.9. The van der Waals surface area contributed by atoms with Crippen molar-refractivity contribution >= 4 is 27.5 Å². The van der Waals surface area contributed by atoms with Gasteiger partial charge in [0.25, 0.3) is 0 Å². The maximum Gasteiger partial charge on any atom is 0.241 e. The number of likely N-dealkylation sites (N-methyl/N-ethyl adjacent to an activating group) is 1. The van der Waals surface area contributed by atoms with Gasteiger partial charge >= 0.3 is 0 Å². The molecule has 2 aromatic carbocycles. The van der Waals surface area contributed by atoms with E-state index in [-0.39, 0.29) is 11.9 Å². The summed E-state index contributed by atoms with van der Waals surface area (Å²) in [6.07, 6.45) is 0. The van der Waals surface area contributed by atoms with E-state index >= 15 is 0 Å². The van der Waals surface area contributed by atoms with Gasteiger partial charge in [0, 0.05) is 28.3 Å². The Morgan fingerprint density at radius 1 is 1.16 bits per heavy atom. The Labute approximate surface area is 157 Å². The van der Waals surface area contributed by atoms with Gasteiger partial charge in [-0.15, -0.1) is 0 Å². The zero-order valence-electron chi connectivity index (χ0n) is 14.9. The van der Waals surface area contributed by atoms with Crippen molar-refractivity contribution in [2.45, 2.75) is 19.5 Å². The lowest BCUT2D eigenvalue weighted by Gasteiger charge is -2.25. The van der Waals surface area contributed by atoms with Crippen molar-refractivity contribution in [3.63, 3.8) is 0 Å². The Morgan fingerprint density at radius 2 is 1.84 bits per heavy atom. The Balaban J connectivity index is 2.03. The van der Waals surface area contributed by atoms with Crippen LogP contribution in [0.25, 0.3) is 0 Å². The van der Waals surface area contributed by atoms with E-state index < -0.39 is 0 Å². The van der Waals surface area contributed by atoms with Gasteiger partial charge in [0.2, 0.25) is 5.91 Å². The number of amides is 1. The predicted octanol–water partition coefficient (Wildman–Crippen LogP) is 3.93. The van der Waals surface area contributed by atoms with Crippen LogP contribution in [0.5, 0.6) is 11.5 Å². The Kier molecular flexibility index (Phi) is 6.84. The van der Waals surface area contributed by atoms with Crippen molar-refractivity contribution in [3.8, 4) is 11.5 Å². The van der Waals surface area contributed by atoms with Crippen LogP contribution in [0.1, 0.15) is 12.5 Å². The summed E-state index contributed by atoms with van der Waals surface area (Å²) < 4.78 is 11.6. The van der Waals surface area contributed by atoms with Crippen molar-refractivity contribution < 1.29 is 14.3 Å². The predicted molar refractivity (Wildman–Crippen MR) is 103 cm³/mol. The van der Waals surface area contributed by atoms with Gasteiger partial charge in [0.05, 0.1) is 20.3 Å². The largest absolute Gasteiger partial charge is 0.497 e. The summed E-state index contributed by atoms with van der Waals surface area (Å²) in [4.78, 5) is 14.4. The van der Waals surface area contributed by atoms with E-state index in [2.05, 4.69) is 21.2 Å². The molecule has 2 rings (SSSR count). The topological polar surface area (TPSA) is 50.8 Å². The summed E-state index contributed by atoms with van der Waals surface area (Å²) in [5.74, 6) is 1.42. The fraction of sp³-hybridized carbons (Fsp3) is 0.316. The van der Waals surface area contributed by atoms with Crippen LogP contribution >= 0.6 is 15.9 Å². The molecular formula is C19H23BrN2O3. The number of hydrogen-bond acceptors (Lipinski definition) is 4. The van der Waals surface area contributed by atoms with E-state index in [1.807, 2.05) is 61.3 Å². The molecule has 1 N–H and O–H groups in total. The molecule has 2 aromatic rings. The number of anilines is 1. The lowest BCUT2D eigenvalue weighted by atomic mass is 10.1. The number of rotatable bonds is 7. The van der Waals surface area contributed by atoms with Crippen LogP contribution in [-0.2, 0) is 11.3 Å². The normalized spacial score (nSPS) is 11.9. The molecule has 1 atom stereocenters. The number of benzene rings is 2. The van der Waals surface area contributed by atoms with Crippen LogP contribution in [0, 0.1) is 0 Å². The van der Waals surface area contributed by atoms with Gasteiger partial charge in [-0.25, -0.2) is 0 Å². The van der Waals surface area contributed by atoms with E-state index in [1.165, 1.54) is 0 Å². The molecule has 0 saturated heterocycles. The maximum atomic E-state index is 12.5. The molecule has 0 aromatic heterocycles. The highest BCUT2D eigenvalue weighted by atomic mass is 79.9. The van der Waals surface area contributed by atoms with Gasteiger partial charge in [-0.05, 0) is 44.3 Å². The number of carbonyl (C=O) groups excluding carboxylic acids is 1. The number of halogens is 1. The van der Waals surface area contributed by atoms with Crippen LogP contribution in [-0.4, -0.2) is 38.1 Å². The molecule has 0 aliphatic heterocycles. The average molecular weight is 407 g/mol. The lowest BCUT2D eigenvalue weighted by Crippen LogP contribution is -2.39. The third kappa shape index (κ3) is 5.21. The van der Waals surface area contributed by atoms with Gasteiger partial charge in [0.1, 0.15) is 11.5 Å². The quantitative estimate of drug-likeness (QED) is 0.756. The second-order valence-electron chi connectivity index (χ2n) is 5.77. The highest BCUT2D eigenvalue weighted by Crippen LogP contribution is 2.26. The van der Waals surface area contributed by atoms with Gasteiger partial charge in [0.15, 0.2) is 0 Å². The maximum absolute atomic E-state index is 12.5. The first-order valence-electron chi connectivity index (χ1n) is 7.92. The van der Waals surface area contributed by atoms with E-state index in [9.17, 15) is 4.79 Å². The van der Waals surface area contributed by atoms with Crippen molar-refractivity contribution in [2.75, 3.05) is 26.6 Å². The fourth-order valence-electron chi connectivity index (χ4n) is 2.37. The van der Waals surface area contributed by atoms with E-state index in [1.54, 1.807) is 14.2 Å². The summed E-state index contributed by atoms with van der Waals surface area (Å²) in [7, 11) is 5.16. The van der Waals surface area contributed by atoms with Gasteiger partial charge in [-0.2, -0.15) is 0 Å². The minimum Gasteiger partial charge on any atom is -0.497 e. The Hall–Kier alpha value is -2.05. The number of nitrogens with one attached hydrogen (secondary N) is 1. The molecule has 0 unspecified atom stereocenters. The standard InChI is InChI=1S/C19H23BrN2O3/c1-13(19(23)21-16-8-6-15(20)7-9-16)22(2)12-14-5-10-17(24-3)11-18(14)25-4/h5-11,13H,12H2,1-4H3,(H,21,23)/t13-/m1/s1. The second kappa shape index (κ2) is 8.87. The molecule has 1 amide bonds. The van der Waals surface area contributed by atoms with Crippen LogP contribution in [0.3, 0.4) is 0 Å². The zero-order valence-corrected chi connectivity index (χ0v) is 16.5. The molecule has 6 heteroatoms. The Bertz CT molecular complexity index is 719. The average Bonchev–Trinajstić information content (AvgIpc) is 2.63. The van der Waals surface area contributed by atoms with E-state index in [4.69, 9.17) is 9.47 Å². The van der Waals surface area contributed by atoms with Crippen LogP contribution in [0.2, 0.25) is 0 Å². The van der Waals surface area contributed by atoms with Crippen molar-refractivity contribution in [3.05, 3.63) is 52.5 Å². The summed E-state index contributed by atoms with van der Waals surface area (Å²) in [5, 5.41) is 2.93. The number of nitrogens with zero attached hydrogens (tertiary/aromatic N) is 1. The molecule has 0 aliphatic carbocycles. The van der Waals surface area contributed by atoms with Gasteiger partial charge in [-0.3, -0.25) is 9.69 Å². The number of carbonyl (C=O) groups is 1. The molecule has 5 nitrogen and oxygen atoms in total. The van der Waals surface area contributed by atoms with Crippen molar-refractivity contribution in [1.29, 1.82) is 0 Å². The molecule has 0 radical (unpaired) electrons. The number of ether oxygens (including phenoxy) is 2. The molecule has 0 aliphatic rings. The highest BCUT2D eigenvalue weighted by Gasteiger charge is 2.19. The third-order valence-corrected chi connectivity index (χ3v) is 4.60. The molecule has 0 saturated carbocycles. The molecule has 0 heterocycles. The van der Waals surface area contributed by atoms with Gasteiger partial charge in [-0.1, -0.05) is 22.0 Å². The SMILES string of the molecule is COc1ccc(CN(C)[C@H](C)C(=O)Nc2ccc(Br)cc2)c(OC)c1. The van der Waals surface area contributed by atoms with Crippen LogP contribution in [0.4, 0.5) is 5.69 Å². The Morgan fingerprint density at radius 3 is 2.44 bits per heavy atom. The minimum atomic E-state index is -0.296. The van der Waals surface area contributed by atoms with Gasteiger partial charge < -0.3 is 14.8 Å². The van der Waals surface area contributed by atoms with Crippen molar-refractivity contribution in [2.24, 2.45) is 0 Å². The monoisotopic (exact) mass is 406 g/mol. The van der Waals surface area contributed by atoms with E-state index in [0.717, 1.165) is 27.2 Å². The summed E-state index contributed by atoms with van der Waals surface area (Å²) in [5.41, 5.74) is 1.77. The minimum absolute atomic E-state index is 0.0581. The lowest BCUT2D eigenvalue weighted by molar-refractivity contribution is -0.120.